The van der Waals surface area contributed by atoms with Crippen LogP contribution in [0.5, 0.6) is 0 Å². The van der Waals surface area contributed by atoms with Crippen LogP contribution in [-0.4, -0.2) is 30.7 Å². The molecule has 1 aromatic carbocycles. The van der Waals surface area contributed by atoms with Crippen molar-refractivity contribution in [2.75, 3.05) is 20.1 Å². The highest BCUT2D eigenvalue weighted by Gasteiger charge is 2.38. The SMILES string of the molecule is CN=C(NCCn1cccc1)NCC1(c2ccccc2)CCC1. The Morgan fingerprint density at radius 2 is 1.83 bits per heavy atom. The normalized spacial score (nSPS) is 16.7. The number of benzene rings is 1. The fourth-order valence-electron chi connectivity index (χ4n) is 3.26. The molecule has 3 rings (SSSR count). The first-order chi connectivity index (χ1) is 11.3. The highest BCUT2D eigenvalue weighted by Crippen LogP contribution is 2.43. The Hall–Kier alpha value is -2.23. The first-order valence-corrected chi connectivity index (χ1v) is 8.43. The fraction of sp³-hybridized carbons (Fsp3) is 0.421. The van der Waals surface area contributed by atoms with Gasteiger partial charge in [-0.2, -0.15) is 0 Å². The topological polar surface area (TPSA) is 41.4 Å². The quantitative estimate of drug-likeness (QED) is 0.636. The van der Waals surface area contributed by atoms with Gasteiger partial charge in [0.05, 0.1) is 0 Å². The Kier molecular flexibility index (Phi) is 5.01. The molecule has 0 saturated heterocycles. The van der Waals surface area contributed by atoms with Crippen molar-refractivity contribution in [2.45, 2.75) is 31.2 Å². The van der Waals surface area contributed by atoms with Gasteiger partial charge in [-0.1, -0.05) is 36.8 Å². The molecule has 1 aliphatic carbocycles. The molecule has 1 aromatic heterocycles. The van der Waals surface area contributed by atoms with Crippen molar-refractivity contribution in [3.8, 4) is 0 Å². The van der Waals surface area contributed by atoms with Crippen LogP contribution in [0.4, 0.5) is 0 Å². The summed E-state index contributed by atoms with van der Waals surface area (Å²) in [6.07, 6.45) is 7.98. The number of nitrogens with one attached hydrogen (secondary N) is 2. The number of nitrogens with zero attached hydrogens (tertiary/aromatic N) is 2. The zero-order chi connectivity index (χ0) is 16.0. The van der Waals surface area contributed by atoms with Crippen molar-refractivity contribution in [3.63, 3.8) is 0 Å². The summed E-state index contributed by atoms with van der Waals surface area (Å²) < 4.78 is 2.16. The molecule has 0 spiro atoms. The number of aliphatic imine (C=N–C) groups is 1. The molecule has 122 valence electrons. The summed E-state index contributed by atoms with van der Waals surface area (Å²) in [4.78, 5) is 4.35. The summed E-state index contributed by atoms with van der Waals surface area (Å²) in [5.74, 6) is 0.888. The van der Waals surface area contributed by atoms with E-state index in [4.69, 9.17) is 0 Å². The zero-order valence-electron chi connectivity index (χ0n) is 13.8. The molecule has 0 atom stereocenters. The minimum atomic E-state index is 0.277. The van der Waals surface area contributed by atoms with Gasteiger partial charge in [-0.15, -0.1) is 0 Å². The van der Waals surface area contributed by atoms with Gasteiger partial charge in [0.15, 0.2) is 5.96 Å². The summed E-state index contributed by atoms with van der Waals surface area (Å²) in [5, 5.41) is 6.92. The van der Waals surface area contributed by atoms with Crippen LogP contribution in [0.1, 0.15) is 24.8 Å². The maximum atomic E-state index is 4.35. The second-order valence-electron chi connectivity index (χ2n) is 6.27. The average molecular weight is 310 g/mol. The van der Waals surface area contributed by atoms with Gasteiger partial charge in [0, 0.05) is 44.5 Å². The van der Waals surface area contributed by atoms with Gasteiger partial charge in [0.25, 0.3) is 0 Å². The lowest BCUT2D eigenvalue weighted by Gasteiger charge is -2.43. The highest BCUT2D eigenvalue weighted by molar-refractivity contribution is 5.79. The van der Waals surface area contributed by atoms with E-state index in [0.29, 0.717) is 0 Å². The van der Waals surface area contributed by atoms with Crippen LogP contribution >= 0.6 is 0 Å². The number of aromatic nitrogens is 1. The summed E-state index contributed by atoms with van der Waals surface area (Å²) in [5.41, 5.74) is 1.72. The van der Waals surface area contributed by atoms with Crippen LogP contribution in [0.15, 0.2) is 59.9 Å². The van der Waals surface area contributed by atoms with Gasteiger partial charge in [-0.05, 0) is 30.5 Å². The number of rotatable bonds is 6. The maximum absolute atomic E-state index is 4.35. The van der Waals surface area contributed by atoms with Crippen molar-refractivity contribution in [1.82, 2.24) is 15.2 Å². The van der Waals surface area contributed by atoms with Crippen LogP contribution in [0, 0.1) is 0 Å². The molecule has 2 aromatic rings. The smallest absolute Gasteiger partial charge is 0.191 e. The molecule has 0 bridgehead atoms. The Morgan fingerprint density at radius 3 is 2.43 bits per heavy atom. The number of guanidine groups is 1. The van der Waals surface area contributed by atoms with E-state index in [2.05, 4.69) is 62.9 Å². The molecule has 4 nitrogen and oxygen atoms in total. The standard InChI is InChI=1S/C19H26N4/c1-20-18(21-12-15-23-13-5-6-14-23)22-16-19(10-7-11-19)17-8-3-2-4-9-17/h2-6,8-9,13-14H,7,10-12,15-16H2,1H3,(H2,20,21,22). The highest BCUT2D eigenvalue weighted by atomic mass is 15.2. The Labute approximate surface area is 138 Å². The van der Waals surface area contributed by atoms with Crippen LogP contribution in [0.25, 0.3) is 0 Å². The van der Waals surface area contributed by atoms with E-state index in [1.54, 1.807) is 0 Å². The van der Waals surface area contributed by atoms with Crippen molar-refractivity contribution >= 4 is 5.96 Å². The van der Waals surface area contributed by atoms with E-state index in [1.165, 1.54) is 24.8 Å². The summed E-state index contributed by atoms with van der Waals surface area (Å²) >= 11 is 0. The predicted octanol–water partition coefficient (Wildman–Crippen LogP) is 2.78. The van der Waals surface area contributed by atoms with Gasteiger partial charge in [0.2, 0.25) is 0 Å². The molecule has 0 unspecified atom stereocenters. The molecule has 1 saturated carbocycles. The summed E-state index contributed by atoms with van der Waals surface area (Å²) in [7, 11) is 1.83. The lowest BCUT2D eigenvalue weighted by molar-refractivity contribution is 0.244. The van der Waals surface area contributed by atoms with E-state index in [0.717, 1.165) is 25.6 Å². The molecule has 0 radical (unpaired) electrons. The minimum absolute atomic E-state index is 0.277. The Morgan fingerprint density at radius 1 is 1.09 bits per heavy atom. The van der Waals surface area contributed by atoms with E-state index < -0.39 is 0 Å². The maximum Gasteiger partial charge on any atom is 0.191 e. The largest absolute Gasteiger partial charge is 0.356 e. The molecule has 23 heavy (non-hydrogen) atoms. The van der Waals surface area contributed by atoms with Crippen LogP contribution in [-0.2, 0) is 12.0 Å². The third-order valence-corrected chi connectivity index (χ3v) is 4.84. The first-order valence-electron chi connectivity index (χ1n) is 8.43. The minimum Gasteiger partial charge on any atom is -0.356 e. The second kappa shape index (κ2) is 7.36. The lowest BCUT2D eigenvalue weighted by atomic mass is 9.64. The molecular weight excluding hydrogens is 284 g/mol. The van der Waals surface area contributed by atoms with Crippen molar-refractivity contribution < 1.29 is 0 Å². The molecule has 4 heteroatoms. The van der Waals surface area contributed by atoms with Gasteiger partial charge in [0.1, 0.15) is 0 Å². The monoisotopic (exact) mass is 310 g/mol. The van der Waals surface area contributed by atoms with Crippen LogP contribution < -0.4 is 10.6 Å². The molecule has 0 amide bonds. The first kappa shape index (κ1) is 15.7. The van der Waals surface area contributed by atoms with E-state index in [-0.39, 0.29) is 5.41 Å². The van der Waals surface area contributed by atoms with Crippen LogP contribution in [0.2, 0.25) is 0 Å². The number of hydrogen-bond donors (Lipinski definition) is 2. The van der Waals surface area contributed by atoms with E-state index >= 15 is 0 Å². The third kappa shape index (κ3) is 3.76. The molecule has 1 heterocycles. The molecule has 1 aliphatic rings. The lowest BCUT2D eigenvalue weighted by Crippen LogP contribution is -2.49. The molecule has 2 N–H and O–H groups in total. The fourth-order valence-corrected chi connectivity index (χ4v) is 3.26. The van der Waals surface area contributed by atoms with Crippen molar-refractivity contribution in [3.05, 3.63) is 60.4 Å². The molecule has 0 aliphatic heterocycles. The molecule has 1 fully saturated rings. The Balaban J connectivity index is 1.51. The van der Waals surface area contributed by atoms with Gasteiger partial charge >= 0.3 is 0 Å². The van der Waals surface area contributed by atoms with E-state index in [1.807, 2.05) is 19.2 Å². The van der Waals surface area contributed by atoms with Crippen molar-refractivity contribution in [2.24, 2.45) is 4.99 Å². The number of hydrogen-bond acceptors (Lipinski definition) is 1. The summed E-state index contributed by atoms with van der Waals surface area (Å²) in [6, 6.07) is 15.0. The second-order valence-corrected chi connectivity index (χ2v) is 6.27. The Bertz CT molecular complexity index is 612. The van der Waals surface area contributed by atoms with Crippen molar-refractivity contribution in [1.29, 1.82) is 0 Å². The zero-order valence-corrected chi connectivity index (χ0v) is 13.8. The third-order valence-electron chi connectivity index (χ3n) is 4.84. The van der Waals surface area contributed by atoms with Crippen LogP contribution in [0.3, 0.4) is 0 Å². The van der Waals surface area contributed by atoms with Gasteiger partial charge in [-0.3, -0.25) is 4.99 Å². The van der Waals surface area contributed by atoms with E-state index in [9.17, 15) is 0 Å². The average Bonchev–Trinajstić information content (AvgIpc) is 3.06. The predicted molar refractivity (Wildman–Crippen MR) is 95.8 cm³/mol. The summed E-state index contributed by atoms with van der Waals surface area (Å²) in [6.45, 7) is 2.75. The van der Waals surface area contributed by atoms with Gasteiger partial charge in [-0.25, -0.2) is 0 Å². The molecular formula is C19H26N4. The van der Waals surface area contributed by atoms with Gasteiger partial charge < -0.3 is 15.2 Å².